The Morgan fingerprint density at radius 1 is 1.40 bits per heavy atom. The number of nitrogens with zero attached hydrogens (tertiary/aromatic N) is 3. The van der Waals surface area contributed by atoms with Crippen LogP contribution in [0.5, 0.6) is 5.75 Å². The topological polar surface area (TPSA) is 67.9 Å². The van der Waals surface area contributed by atoms with Gasteiger partial charge < -0.3 is 4.74 Å². The molecule has 0 atom stereocenters. The molecule has 0 fully saturated rings. The Hall–Kier alpha value is -2.61. The van der Waals surface area contributed by atoms with Crippen LogP contribution in [-0.2, 0) is 6.54 Å². The molecule has 2 rings (SSSR count). The van der Waals surface area contributed by atoms with Crippen LogP contribution in [0.25, 0.3) is 0 Å². The van der Waals surface area contributed by atoms with Crippen molar-refractivity contribution < 1.29 is 4.74 Å². The molecule has 0 spiro atoms. The van der Waals surface area contributed by atoms with Crippen LogP contribution < -0.4 is 10.3 Å². The van der Waals surface area contributed by atoms with E-state index in [0.29, 0.717) is 36.6 Å². The fourth-order valence-corrected chi connectivity index (χ4v) is 1.79. The molecule has 0 aliphatic rings. The Kier molecular flexibility index (Phi) is 4.51. The normalized spacial score (nSPS) is 10.0. The van der Waals surface area contributed by atoms with Crippen molar-refractivity contribution in [2.24, 2.45) is 0 Å². The predicted molar refractivity (Wildman–Crippen MR) is 74.5 cm³/mol. The highest BCUT2D eigenvalue weighted by Crippen LogP contribution is 2.16. The van der Waals surface area contributed by atoms with Crippen LogP contribution in [0.4, 0.5) is 0 Å². The van der Waals surface area contributed by atoms with Crippen molar-refractivity contribution >= 4 is 0 Å². The summed E-state index contributed by atoms with van der Waals surface area (Å²) in [6, 6.07) is 10.7. The molecule has 0 saturated heterocycles. The van der Waals surface area contributed by atoms with E-state index >= 15 is 0 Å². The Balaban J connectivity index is 1.88. The molecule has 5 heteroatoms. The van der Waals surface area contributed by atoms with E-state index in [2.05, 4.69) is 11.1 Å². The van der Waals surface area contributed by atoms with Crippen molar-refractivity contribution in [3.8, 4) is 11.8 Å². The molecule has 0 amide bonds. The maximum atomic E-state index is 11.6. The van der Waals surface area contributed by atoms with E-state index in [-0.39, 0.29) is 5.56 Å². The SMILES string of the molecule is Cc1cc(=O)n(CCCOc2ccccc2C#N)cn1. The fraction of sp³-hybridized carbons (Fsp3) is 0.267. The first kappa shape index (κ1) is 13.8. The second-order valence-electron chi connectivity index (χ2n) is 4.37. The number of aromatic nitrogens is 2. The molecule has 0 radical (unpaired) electrons. The van der Waals surface area contributed by atoms with Gasteiger partial charge in [-0.05, 0) is 25.5 Å². The van der Waals surface area contributed by atoms with Gasteiger partial charge in [-0.15, -0.1) is 0 Å². The molecule has 0 N–H and O–H groups in total. The first-order valence-corrected chi connectivity index (χ1v) is 6.36. The lowest BCUT2D eigenvalue weighted by Gasteiger charge is -2.08. The molecule has 1 heterocycles. The van der Waals surface area contributed by atoms with E-state index < -0.39 is 0 Å². The molecule has 0 aliphatic heterocycles. The van der Waals surface area contributed by atoms with E-state index in [1.807, 2.05) is 6.07 Å². The van der Waals surface area contributed by atoms with Crippen LogP contribution in [0.2, 0.25) is 0 Å². The first-order valence-electron chi connectivity index (χ1n) is 6.36. The Labute approximate surface area is 117 Å². The number of hydrogen-bond acceptors (Lipinski definition) is 4. The highest BCUT2D eigenvalue weighted by molar-refractivity contribution is 5.42. The van der Waals surface area contributed by atoms with Crippen molar-refractivity contribution in [2.45, 2.75) is 19.9 Å². The maximum absolute atomic E-state index is 11.6. The van der Waals surface area contributed by atoms with Gasteiger partial charge in [0.25, 0.3) is 5.56 Å². The number of rotatable bonds is 5. The van der Waals surface area contributed by atoms with Gasteiger partial charge in [0.05, 0.1) is 18.5 Å². The number of nitriles is 1. The molecule has 5 nitrogen and oxygen atoms in total. The standard InChI is InChI=1S/C15H15N3O2/c1-12-9-15(19)18(11-17-12)7-4-8-20-14-6-3-2-5-13(14)10-16/h2-3,5-6,9,11H,4,7-8H2,1H3. The average Bonchev–Trinajstić information content (AvgIpc) is 2.46. The maximum Gasteiger partial charge on any atom is 0.253 e. The molecule has 1 aromatic heterocycles. The monoisotopic (exact) mass is 269 g/mol. The summed E-state index contributed by atoms with van der Waals surface area (Å²) in [6.07, 6.45) is 2.21. The second kappa shape index (κ2) is 6.53. The number of ether oxygens (including phenoxy) is 1. The molecule has 0 aliphatic carbocycles. The van der Waals surface area contributed by atoms with E-state index in [1.54, 1.807) is 36.0 Å². The van der Waals surface area contributed by atoms with Crippen LogP contribution in [0.3, 0.4) is 0 Å². The van der Waals surface area contributed by atoms with E-state index in [9.17, 15) is 4.79 Å². The van der Waals surface area contributed by atoms with Gasteiger partial charge in [0, 0.05) is 18.3 Å². The van der Waals surface area contributed by atoms with Gasteiger partial charge in [-0.1, -0.05) is 12.1 Å². The van der Waals surface area contributed by atoms with Gasteiger partial charge in [-0.25, -0.2) is 4.98 Å². The molecule has 20 heavy (non-hydrogen) atoms. The third kappa shape index (κ3) is 3.45. The van der Waals surface area contributed by atoms with Crippen LogP contribution in [0.15, 0.2) is 41.5 Å². The molecular weight excluding hydrogens is 254 g/mol. The van der Waals surface area contributed by atoms with Gasteiger partial charge in [0.1, 0.15) is 11.8 Å². The van der Waals surface area contributed by atoms with Gasteiger partial charge in [0.15, 0.2) is 0 Å². The Morgan fingerprint density at radius 2 is 2.20 bits per heavy atom. The average molecular weight is 269 g/mol. The third-order valence-electron chi connectivity index (χ3n) is 2.82. The zero-order valence-corrected chi connectivity index (χ0v) is 11.2. The first-order chi connectivity index (χ1) is 9.70. The number of aryl methyl sites for hydroxylation is 2. The van der Waals surface area contributed by atoms with Gasteiger partial charge in [0.2, 0.25) is 0 Å². The highest BCUT2D eigenvalue weighted by Gasteiger charge is 2.02. The summed E-state index contributed by atoms with van der Waals surface area (Å²) < 4.78 is 7.10. The molecule has 1 aromatic carbocycles. The summed E-state index contributed by atoms with van der Waals surface area (Å²) in [6.45, 7) is 2.77. The summed E-state index contributed by atoms with van der Waals surface area (Å²) in [5.74, 6) is 0.573. The van der Waals surface area contributed by atoms with Crippen molar-refractivity contribution in [3.63, 3.8) is 0 Å². The van der Waals surface area contributed by atoms with Gasteiger partial charge in [-0.3, -0.25) is 9.36 Å². The minimum atomic E-state index is -0.0603. The van der Waals surface area contributed by atoms with Gasteiger partial charge >= 0.3 is 0 Å². The molecular formula is C15H15N3O2. The highest BCUT2D eigenvalue weighted by atomic mass is 16.5. The number of benzene rings is 1. The largest absolute Gasteiger partial charge is 0.492 e. The number of para-hydroxylation sites is 1. The zero-order chi connectivity index (χ0) is 14.4. The van der Waals surface area contributed by atoms with Crippen LogP contribution in [0.1, 0.15) is 17.7 Å². The fourth-order valence-electron chi connectivity index (χ4n) is 1.79. The van der Waals surface area contributed by atoms with Crippen LogP contribution in [-0.4, -0.2) is 16.2 Å². The van der Waals surface area contributed by atoms with Crippen molar-refractivity contribution in [1.29, 1.82) is 5.26 Å². The van der Waals surface area contributed by atoms with Crippen LogP contribution >= 0.6 is 0 Å². The lowest BCUT2D eigenvalue weighted by Crippen LogP contribution is -2.21. The summed E-state index contributed by atoms with van der Waals surface area (Å²) in [5, 5.41) is 8.93. The van der Waals surface area contributed by atoms with E-state index in [4.69, 9.17) is 10.00 Å². The lowest BCUT2D eigenvalue weighted by atomic mass is 10.2. The Morgan fingerprint density at radius 3 is 2.95 bits per heavy atom. The van der Waals surface area contributed by atoms with Gasteiger partial charge in [-0.2, -0.15) is 5.26 Å². The van der Waals surface area contributed by atoms with Crippen molar-refractivity contribution in [2.75, 3.05) is 6.61 Å². The predicted octanol–water partition coefficient (Wildman–Crippen LogP) is 1.89. The lowest BCUT2D eigenvalue weighted by molar-refractivity contribution is 0.300. The van der Waals surface area contributed by atoms with Crippen molar-refractivity contribution in [1.82, 2.24) is 9.55 Å². The second-order valence-corrected chi connectivity index (χ2v) is 4.37. The number of hydrogen-bond donors (Lipinski definition) is 0. The zero-order valence-electron chi connectivity index (χ0n) is 11.2. The molecule has 2 aromatic rings. The summed E-state index contributed by atoms with van der Waals surface area (Å²) in [7, 11) is 0. The smallest absolute Gasteiger partial charge is 0.253 e. The Bertz CT molecular complexity index is 686. The minimum Gasteiger partial charge on any atom is -0.492 e. The van der Waals surface area contributed by atoms with Crippen molar-refractivity contribution in [3.05, 3.63) is 58.3 Å². The quantitative estimate of drug-likeness (QED) is 0.777. The molecule has 102 valence electrons. The molecule has 0 unspecified atom stereocenters. The summed E-state index contributed by atoms with van der Waals surface area (Å²) >= 11 is 0. The molecule has 0 saturated carbocycles. The minimum absolute atomic E-state index is 0.0603. The summed E-state index contributed by atoms with van der Waals surface area (Å²) in [4.78, 5) is 15.7. The van der Waals surface area contributed by atoms with E-state index in [1.165, 1.54) is 6.07 Å². The van der Waals surface area contributed by atoms with E-state index in [0.717, 1.165) is 0 Å². The van der Waals surface area contributed by atoms with Crippen LogP contribution in [0, 0.1) is 18.3 Å². The third-order valence-corrected chi connectivity index (χ3v) is 2.82. The summed E-state index contributed by atoms with van der Waals surface area (Å²) in [5.41, 5.74) is 1.17. The molecule has 0 bridgehead atoms.